The van der Waals surface area contributed by atoms with E-state index in [2.05, 4.69) is 23.5 Å². The monoisotopic (exact) mass is 295 g/mol. The van der Waals surface area contributed by atoms with Crippen molar-refractivity contribution in [1.29, 1.82) is 0 Å². The van der Waals surface area contributed by atoms with Crippen LogP contribution in [0.5, 0.6) is 0 Å². The molecule has 2 N–H and O–H groups in total. The number of allylic oxidation sites excluding steroid dienone is 3. The van der Waals surface area contributed by atoms with Crippen LogP contribution in [0.4, 0.5) is 5.69 Å². The summed E-state index contributed by atoms with van der Waals surface area (Å²) < 4.78 is 0. The molecule has 0 saturated carbocycles. The molecule has 0 bridgehead atoms. The highest BCUT2D eigenvalue weighted by atomic mass is 16.4. The lowest BCUT2D eigenvalue weighted by atomic mass is 10.0. The number of carbonyl (C=O) groups is 1. The van der Waals surface area contributed by atoms with Crippen molar-refractivity contribution in [2.24, 2.45) is 0 Å². The molecule has 1 aliphatic carbocycles. The molecule has 0 amide bonds. The molecule has 0 saturated heterocycles. The number of anilines is 1. The van der Waals surface area contributed by atoms with Gasteiger partial charge in [-0.05, 0) is 36.4 Å². The van der Waals surface area contributed by atoms with Gasteiger partial charge in [-0.25, -0.2) is 4.79 Å². The third kappa shape index (κ3) is 3.37. The van der Waals surface area contributed by atoms with E-state index in [1.807, 2.05) is 44.2 Å². The number of carboxylic acid groups (broad SMARTS) is 1. The van der Waals surface area contributed by atoms with Gasteiger partial charge >= 0.3 is 5.97 Å². The topological polar surface area (TPSA) is 49.3 Å². The van der Waals surface area contributed by atoms with Gasteiger partial charge in [-0.1, -0.05) is 50.3 Å². The number of carboxylic acids is 1. The van der Waals surface area contributed by atoms with E-state index in [1.54, 1.807) is 6.07 Å². The Labute approximate surface area is 131 Å². The lowest BCUT2D eigenvalue weighted by Gasteiger charge is -2.14. The molecule has 3 rings (SSSR count). The number of fused-ring (bicyclic) bond motifs is 1. The maximum atomic E-state index is 11.3. The Morgan fingerprint density at radius 3 is 2.41 bits per heavy atom. The summed E-state index contributed by atoms with van der Waals surface area (Å²) in [6, 6.07) is 11.0. The second-order valence-electron chi connectivity index (χ2n) is 4.78. The number of aromatic carboxylic acids is 1. The highest BCUT2D eigenvalue weighted by Gasteiger charge is 2.11. The molecule has 3 nitrogen and oxygen atoms in total. The number of rotatable bonds is 3. The molecule has 0 atom stereocenters. The SMILES string of the molecule is CC.O=C(O)c1ccc(NC2=CCCC=C2)c2ccccc12. The minimum atomic E-state index is -0.899. The molecule has 1 aliphatic rings. The Balaban J connectivity index is 0.000000847. The van der Waals surface area contributed by atoms with Crippen molar-refractivity contribution in [2.75, 3.05) is 5.32 Å². The predicted molar refractivity (Wildman–Crippen MR) is 92.3 cm³/mol. The van der Waals surface area contributed by atoms with E-state index in [-0.39, 0.29) is 0 Å². The number of hydrogen-bond donors (Lipinski definition) is 2. The highest BCUT2D eigenvalue weighted by molar-refractivity contribution is 6.07. The minimum Gasteiger partial charge on any atom is -0.478 e. The molecule has 2 aromatic carbocycles. The molecule has 22 heavy (non-hydrogen) atoms. The van der Waals surface area contributed by atoms with Crippen LogP contribution in [-0.2, 0) is 0 Å². The average molecular weight is 295 g/mol. The van der Waals surface area contributed by atoms with E-state index >= 15 is 0 Å². The minimum absolute atomic E-state index is 0.333. The fourth-order valence-corrected chi connectivity index (χ4v) is 2.46. The van der Waals surface area contributed by atoms with Gasteiger partial charge in [-0.15, -0.1) is 0 Å². The Hall–Kier alpha value is -2.55. The second kappa shape index (κ2) is 7.46. The zero-order chi connectivity index (χ0) is 15.9. The average Bonchev–Trinajstić information content (AvgIpc) is 2.57. The third-order valence-electron chi connectivity index (χ3n) is 3.43. The fourth-order valence-electron chi connectivity index (χ4n) is 2.46. The van der Waals surface area contributed by atoms with Crippen LogP contribution in [0.15, 0.2) is 60.3 Å². The number of hydrogen-bond acceptors (Lipinski definition) is 2. The normalized spacial score (nSPS) is 13.1. The molecule has 114 valence electrons. The highest BCUT2D eigenvalue weighted by Crippen LogP contribution is 2.28. The molecule has 0 fully saturated rings. The van der Waals surface area contributed by atoms with Crippen molar-refractivity contribution in [3.8, 4) is 0 Å². The van der Waals surface area contributed by atoms with Crippen molar-refractivity contribution >= 4 is 22.4 Å². The van der Waals surface area contributed by atoms with Gasteiger partial charge in [0.2, 0.25) is 0 Å². The van der Waals surface area contributed by atoms with Gasteiger partial charge in [0.05, 0.1) is 5.56 Å². The van der Waals surface area contributed by atoms with Gasteiger partial charge in [-0.3, -0.25) is 0 Å². The van der Waals surface area contributed by atoms with E-state index in [9.17, 15) is 9.90 Å². The van der Waals surface area contributed by atoms with Gasteiger partial charge in [0.1, 0.15) is 0 Å². The smallest absolute Gasteiger partial charge is 0.336 e. The van der Waals surface area contributed by atoms with Crippen molar-refractivity contribution in [3.63, 3.8) is 0 Å². The molecule has 0 aliphatic heterocycles. The molecule has 0 unspecified atom stereocenters. The molecule has 0 radical (unpaired) electrons. The van der Waals surface area contributed by atoms with Gasteiger partial charge in [-0.2, -0.15) is 0 Å². The van der Waals surface area contributed by atoms with Crippen LogP contribution in [0, 0.1) is 0 Å². The van der Waals surface area contributed by atoms with Gasteiger partial charge in [0, 0.05) is 16.8 Å². The maximum absolute atomic E-state index is 11.3. The van der Waals surface area contributed by atoms with Crippen molar-refractivity contribution in [2.45, 2.75) is 26.7 Å². The van der Waals surface area contributed by atoms with E-state index in [0.29, 0.717) is 5.56 Å². The summed E-state index contributed by atoms with van der Waals surface area (Å²) in [6.45, 7) is 4.00. The Kier molecular flexibility index (Phi) is 5.37. The molecule has 0 heterocycles. The molecule has 0 aromatic heterocycles. The van der Waals surface area contributed by atoms with E-state index in [1.165, 1.54) is 0 Å². The third-order valence-corrected chi connectivity index (χ3v) is 3.43. The summed E-state index contributed by atoms with van der Waals surface area (Å²) in [5, 5.41) is 14.3. The fraction of sp³-hybridized carbons (Fsp3) is 0.211. The second-order valence-corrected chi connectivity index (χ2v) is 4.78. The van der Waals surface area contributed by atoms with Crippen LogP contribution in [0.1, 0.15) is 37.0 Å². The standard InChI is InChI=1S/C17H15NO2.C2H6/c19-17(20)15-10-11-16(14-9-5-4-8-13(14)15)18-12-6-2-1-3-7-12;1-2/h2,4-11,18H,1,3H2,(H,19,20);1-2H3. The summed E-state index contributed by atoms with van der Waals surface area (Å²) in [6.07, 6.45) is 8.45. The van der Waals surface area contributed by atoms with Crippen LogP contribution >= 0.6 is 0 Å². The van der Waals surface area contributed by atoms with Crippen LogP contribution in [0.3, 0.4) is 0 Å². The molecule has 3 heteroatoms. The predicted octanol–water partition coefficient (Wildman–Crippen LogP) is 5.21. The summed E-state index contributed by atoms with van der Waals surface area (Å²) in [5.74, 6) is -0.899. The molecule has 0 spiro atoms. The maximum Gasteiger partial charge on any atom is 0.336 e. The van der Waals surface area contributed by atoms with E-state index in [4.69, 9.17) is 0 Å². The summed E-state index contributed by atoms with van der Waals surface area (Å²) in [7, 11) is 0. The van der Waals surface area contributed by atoms with Crippen molar-refractivity contribution in [1.82, 2.24) is 0 Å². The number of benzene rings is 2. The number of nitrogens with one attached hydrogen (secondary N) is 1. The largest absolute Gasteiger partial charge is 0.478 e. The first-order valence-corrected chi connectivity index (χ1v) is 7.64. The Morgan fingerprint density at radius 2 is 1.77 bits per heavy atom. The lowest BCUT2D eigenvalue weighted by Crippen LogP contribution is -2.02. The molecular weight excluding hydrogens is 274 g/mol. The van der Waals surface area contributed by atoms with Crippen molar-refractivity contribution < 1.29 is 9.90 Å². The van der Waals surface area contributed by atoms with Crippen LogP contribution in [-0.4, -0.2) is 11.1 Å². The Bertz CT molecular complexity index is 729. The van der Waals surface area contributed by atoms with Crippen molar-refractivity contribution in [3.05, 3.63) is 65.9 Å². The van der Waals surface area contributed by atoms with E-state index in [0.717, 1.165) is 35.0 Å². The van der Waals surface area contributed by atoms with Gasteiger partial charge < -0.3 is 10.4 Å². The Morgan fingerprint density at radius 1 is 1.05 bits per heavy atom. The first-order chi connectivity index (χ1) is 10.8. The summed E-state index contributed by atoms with van der Waals surface area (Å²) in [5.41, 5.74) is 2.33. The summed E-state index contributed by atoms with van der Waals surface area (Å²) >= 11 is 0. The first kappa shape index (κ1) is 15.8. The van der Waals surface area contributed by atoms with Crippen LogP contribution in [0.2, 0.25) is 0 Å². The van der Waals surface area contributed by atoms with Crippen LogP contribution in [0.25, 0.3) is 10.8 Å². The quantitative estimate of drug-likeness (QED) is 0.817. The first-order valence-electron chi connectivity index (χ1n) is 7.64. The lowest BCUT2D eigenvalue weighted by molar-refractivity contribution is 0.0699. The van der Waals surface area contributed by atoms with Gasteiger partial charge in [0.25, 0.3) is 0 Å². The van der Waals surface area contributed by atoms with Gasteiger partial charge in [0.15, 0.2) is 0 Å². The zero-order valence-electron chi connectivity index (χ0n) is 13.0. The molecular formula is C19H21NO2. The molecule has 2 aromatic rings. The summed E-state index contributed by atoms with van der Waals surface area (Å²) in [4.78, 5) is 11.3. The van der Waals surface area contributed by atoms with Crippen LogP contribution < -0.4 is 5.32 Å². The zero-order valence-corrected chi connectivity index (χ0v) is 13.0. The van der Waals surface area contributed by atoms with E-state index < -0.39 is 5.97 Å².